The third-order valence-corrected chi connectivity index (χ3v) is 3.41. The Bertz CT molecular complexity index is 468. The Labute approximate surface area is 110 Å². The van der Waals surface area contributed by atoms with Crippen molar-refractivity contribution in [2.75, 3.05) is 32.1 Å². The minimum Gasteiger partial charge on any atom is -0.349 e. The first-order chi connectivity index (χ1) is 8.50. The van der Waals surface area contributed by atoms with Crippen molar-refractivity contribution < 1.29 is 4.92 Å². The highest BCUT2D eigenvalue weighted by Crippen LogP contribution is 2.33. The van der Waals surface area contributed by atoms with E-state index in [1.807, 2.05) is 19.0 Å². The predicted octanol–water partition coefficient (Wildman–Crippen LogP) is 1.18. The maximum Gasteiger partial charge on any atom is 0.348 e. The largest absolute Gasteiger partial charge is 0.349 e. The topological polar surface area (TPSA) is 75.4 Å². The third-order valence-electron chi connectivity index (χ3n) is 3.13. The zero-order chi connectivity index (χ0) is 13.3. The summed E-state index contributed by atoms with van der Waals surface area (Å²) >= 11 is 5.77. The fourth-order valence-corrected chi connectivity index (χ4v) is 2.29. The van der Waals surface area contributed by atoms with Crippen molar-refractivity contribution in [3.05, 3.63) is 21.6 Å². The molecule has 0 saturated carbocycles. The minimum absolute atomic E-state index is 0.113. The lowest BCUT2D eigenvalue weighted by molar-refractivity contribution is -0.384. The number of aromatic nitrogens is 2. The van der Waals surface area contributed by atoms with Gasteiger partial charge in [0.05, 0.1) is 4.92 Å². The van der Waals surface area contributed by atoms with E-state index in [9.17, 15) is 10.1 Å². The first-order valence-electron chi connectivity index (χ1n) is 5.57. The number of hydrogen-bond donors (Lipinski definition) is 0. The molecule has 1 saturated heterocycles. The monoisotopic (exact) mass is 271 g/mol. The standard InChI is InChI=1S/C10H14ClN5O2/c1-14(2)7-3-4-15(5-7)10-8(16(17)18)9(11)12-6-13-10/h6-7H,3-5H2,1-2H3. The molecule has 18 heavy (non-hydrogen) atoms. The van der Waals surface area contributed by atoms with Gasteiger partial charge in [-0.2, -0.15) is 0 Å². The van der Waals surface area contributed by atoms with Gasteiger partial charge in [0.1, 0.15) is 6.33 Å². The van der Waals surface area contributed by atoms with Crippen molar-refractivity contribution in [2.24, 2.45) is 0 Å². The first-order valence-corrected chi connectivity index (χ1v) is 5.94. The number of nitrogens with zero attached hydrogens (tertiary/aromatic N) is 5. The summed E-state index contributed by atoms with van der Waals surface area (Å²) in [4.78, 5) is 22.2. The molecule has 7 nitrogen and oxygen atoms in total. The number of likely N-dealkylation sites (N-methyl/N-ethyl adjacent to an activating group) is 1. The van der Waals surface area contributed by atoms with E-state index in [4.69, 9.17) is 11.6 Å². The average molecular weight is 272 g/mol. The summed E-state index contributed by atoms with van der Waals surface area (Å²) in [7, 11) is 3.99. The highest BCUT2D eigenvalue weighted by molar-refractivity contribution is 6.31. The molecule has 1 aliphatic rings. The van der Waals surface area contributed by atoms with Crippen LogP contribution in [0.5, 0.6) is 0 Å². The predicted molar refractivity (Wildman–Crippen MR) is 68.0 cm³/mol. The molecule has 0 radical (unpaired) electrons. The van der Waals surface area contributed by atoms with Crippen molar-refractivity contribution >= 4 is 23.1 Å². The van der Waals surface area contributed by atoms with Crippen molar-refractivity contribution in [2.45, 2.75) is 12.5 Å². The molecule has 1 fully saturated rings. The molecule has 0 bridgehead atoms. The molecular formula is C10H14ClN5O2. The molecule has 2 heterocycles. The van der Waals surface area contributed by atoms with Crippen LogP contribution in [0.4, 0.5) is 11.5 Å². The second-order valence-corrected chi connectivity index (χ2v) is 4.80. The van der Waals surface area contributed by atoms with Crippen molar-refractivity contribution in [1.82, 2.24) is 14.9 Å². The van der Waals surface area contributed by atoms with Crippen LogP contribution in [0, 0.1) is 10.1 Å². The number of nitro groups is 1. The van der Waals surface area contributed by atoms with Crippen molar-refractivity contribution in [1.29, 1.82) is 0 Å². The molecule has 2 rings (SSSR count). The summed E-state index contributed by atoms with van der Waals surface area (Å²) in [5.74, 6) is 0.310. The zero-order valence-electron chi connectivity index (χ0n) is 10.2. The Hall–Kier alpha value is -1.47. The van der Waals surface area contributed by atoms with Crippen LogP contribution in [-0.4, -0.2) is 53.0 Å². The third kappa shape index (κ3) is 2.37. The van der Waals surface area contributed by atoms with Gasteiger partial charge in [0.2, 0.25) is 11.0 Å². The molecule has 0 aliphatic carbocycles. The van der Waals surface area contributed by atoms with Gasteiger partial charge in [-0.15, -0.1) is 0 Å². The normalized spacial score (nSPS) is 19.6. The van der Waals surface area contributed by atoms with E-state index in [1.165, 1.54) is 6.33 Å². The Morgan fingerprint density at radius 2 is 2.28 bits per heavy atom. The molecule has 0 spiro atoms. The summed E-state index contributed by atoms with van der Waals surface area (Å²) in [6, 6.07) is 0.373. The summed E-state index contributed by atoms with van der Waals surface area (Å²) in [5, 5.41) is 10.9. The van der Waals surface area contributed by atoms with E-state index >= 15 is 0 Å². The van der Waals surface area contributed by atoms with Crippen LogP contribution in [-0.2, 0) is 0 Å². The summed E-state index contributed by atoms with van der Waals surface area (Å²) < 4.78 is 0. The van der Waals surface area contributed by atoms with Gasteiger partial charge in [0.15, 0.2) is 0 Å². The van der Waals surface area contributed by atoms with Crippen LogP contribution in [0.3, 0.4) is 0 Å². The number of anilines is 1. The van der Waals surface area contributed by atoms with Gasteiger partial charge < -0.3 is 9.80 Å². The molecular weight excluding hydrogens is 258 g/mol. The molecule has 0 N–H and O–H groups in total. The molecule has 8 heteroatoms. The minimum atomic E-state index is -0.527. The van der Waals surface area contributed by atoms with Crippen LogP contribution in [0.1, 0.15) is 6.42 Å². The van der Waals surface area contributed by atoms with Crippen LogP contribution in [0.25, 0.3) is 0 Å². The van der Waals surface area contributed by atoms with Crippen molar-refractivity contribution in [3.8, 4) is 0 Å². The highest BCUT2D eigenvalue weighted by Gasteiger charge is 2.31. The Morgan fingerprint density at radius 3 is 2.83 bits per heavy atom. The van der Waals surface area contributed by atoms with Crippen LogP contribution < -0.4 is 4.90 Å². The quantitative estimate of drug-likeness (QED) is 0.467. The zero-order valence-corrected chi connectivity index (χ0v) is 11.0. The number of rotatable bonds is 3. The fourth-order valence-electron chi connectivity index (χ4n) is 2.09. The first kappa shape index (κ1) is 13.0. The lowest BCUT2D eigenvalue weighted by atomic mass is 10.2. The number of hydrogen-bond acceptors (Lipinski definition) is 6. The van der Waals surface area contributed by atoms with Gasteiger partial charge in [0, 0.05) is 19.1 Å². The summed E-state index contributed by atoms with van der Waals surface area (Å²) in [6.45, 7) is 1.44. The van der Waals surface area contributed by atoms with E-state index in [0.29, 0.717) is 18.4 Å². The average Bonchev–Trinajstić information content (AvgIpc) is 2.77. The molecule has 1 atom stereocenters. The summed E-state index contributed by atoms with van der Waals surface area (Å²) in [6.07, 6.45) is 2.21. The second kappa shape index (κ2) is 5.03. The van der Waals surface area contributed by atoms with Crippen molar-refractivity contribution in [3.63, 3.8) is 0 Å². The van der Waals surface area contributed by atoms with Gasteiger partial charge in [-0.3, -0.25) is 10.1 Å². The molecule has 98 valence electrons. The van der Waals surface area contributed by atoms with E-state index in [1.54, 1.807) is 0 Å². The van der Waals surface area contributed by atoms with Crippen LogP contribution >= 0.6 is 11.6 Å². The lowest BCUT2D eigenvalue weighted by Gasteiger charge is -2.20. The van der Waals surface area contributed by atoms with Crippen LogP contribution in [0.15, 0.2) is 6.33 Å². The van der Waals surface area contributed by atoms with E-state index in [2.05, 4.69) is 14.9 Å². The number of halogens is 1. The molecule has 1 aromatic rings. The molecule has 1 aliphatic heterocycles. The van der Waals surface area contributed by atoms with Gasteiger partial charge in [-0.05, 0) is 20.5 Å². The Morgan fingerprint density at radius 1 is 1.56 bits per heavy atom. The second-order valence-electron chi connectivity index (χ2n) is 4.45. The van der Waals surface area contributed by atoms with E-state index in [-0.39, 0.29) is 10.8 Å². The highest BCUT2D eigenvalue weighted by atomic mass is 35.5. The van der Waals surface area contributed by atoms with Gasteiger partial charge >= 0.3 is 5.69 Å². The molecule has 1 unspecified atom stereocenters. The van der Waals surface area contributed by atoms with Crippen LogP contribution in [0.2, 0.25) is 5.15 Å². The molecule has 0 amide bonds. The van der Waals surface area contributed by atoms with Gasteiger partial charge in [-0.1, -0.05) is 11.6 Å². The van der Waals surface area contributed by atoms with Gasteiger partial charge in [0.25, 0.3) is 0 Å². The summed E-state index contributed by atoms with van der Waals surface area (Å²) in [5.41, 5.74) is -0.210. The Kier molecular flexibility index (Phi) is 3.63. The lowest BCUT2D eigenvalue weighted by Crippen LogP contribution is -2.32. The maximum atomic E-state index is 11.0. The van der Waals surface area contributed by atoms with E-state index in [0.717, 1.165) is 13.0 Å². The maximum absolute atomic E-state index is 11.0. The Balaban J connectivity index is 2.30. The SMILES string of the molecule is CN(C)C1CCN(c2ncnc(Cl)c2[N+](=O)[O-])C1. The molecule has 0 aromatic carbocycles. The van der Waals surface area contributed by atoms with Gasteiger partial charge in [-0.25, -0.2) is 9.97 Å². The fraction of sp³-hybridized carbons (Fsp3) is 0.600. The smallest absolute Gasteiger partial charge is 0.348 e. The molecule has 1 aromatic heterocycles. The van der Waals surface area contributed by atoms with E-state index < -0.39 is 4.92 Å².